The van der Waals surface area contributed by atoms with E-state index in [2.05, 4.69) is 27.4 Å². The molecule has 0 bridgehead atoms. The number of thiazole rings is 1. The van der Waals surface area contributed by atoms with Gasteiger partial charge < -0.3 is 10.6 Å². The van der Waals surface area contributed by atoms with Crippen LogP contribution in [-0.4, -0.2) is 40.8 Å². The van der Waals surface area contributed by atoms with E-state index in [0.29, 0.717) is 5.13 Å². The summed E-state index contributed by atoms with van der Waals surface area (Å²) >= 11 is 1.41. The second-order valence-electron chi connectivity index (χ2n) is 7.59. The van der Waals surface area contributed by atoms with Gasteiger partial charge in [-0.2, -0.15) is 0 Å². The number of carbonyl (C=O) groups excluding carboxylic acids is 2. The summed E-state index contributed by atoms with van der Waals surface area (Å²) in [7, 11) is 0. The van der Waals surface area contributed by atoms with Gasteiger partial charge in [-0.1, -0.05) is 37.3 Å². The topological polar surface area (TPSA) is 74.3 Å². The molecule has 3 rings (SSSR count). The summed E-state index contributed by atoms with van der Waals surface area (Å²) in [5, 5.41) is 8.03. The number of hydrogen-bond donors (Lipinski definition) is 2. The summed E-state index contributed by atoms with van der Waals surface area (Å²) < 4.78 is 0. The van der Waals surface area contributed by atoms with Crippen molar-refractivity contribution >= 4 is 34.4 Å². The third-order valence-corrected chi connectivity index (χ3v) is 5.69. The Labute approximate surface area is 176 Å². The summed E-state index contributed by atoms with van der Waals surface area (Å²) in [6.07, 6.45) is 5.67. The largest absolute Gasteiger partial charge is 0.341 e. The molecule has 154 valence electrons. The zero-order valence-electron chi connectivity index (χ0n) is 16.9. The molecule has 0 radical (unpaired) electrons. The van der Waals surface area contributed by atoms with Crippen LogP contribution in [0, 0.1) is 5.92 Å². The van der Waals surface area contributed by atoms with Crippen molar-refractivity contribution in [2.45, 2.75) is 39.3 Å². The zero-order chi connectivity index (χ0) is 20.6. The molecule has 1 aliphatic rings. The van der Waals surface area contributed by atoms with Gasteiger partial charge in [-0.25, -0.2) is 4.98 Å². The summed E-state index contributed by atoms with van der Waals surface area (Å²) in [6, 6.07) is 8.89. The van der Waals surface area contributed by atoms with Gasteiger partial charge in [0.2, 0.25) is 11.8 Å². The number of aromatic nitrogens is 1. The number of piperidine rings is 1. The minimum atomic E-state index is -0.654. The minimum Gasteiger partial charge on any atom is -0.341 e. The van der Waals surface area contributed by atoms with Crippen molar-refractivity contribution in [3.05, 3.63) is 53.0 Å². The molecular weight excluding hydrogens is 384 g/mol. The molecule has 7 heteroatoms. The van der Waals surface area contributed by atoms with Crippen LogP contribution in [0.4, 0.5) is 5.13 Å². The molecule has 1 aromatic carbocycles. The fourth-order valence-corrected chi connectivity index (χ4v) is 4.08. The number of nitrogens with one attached hydrogen (secondary N) is 2. The van der Waals surface area contributed by atoms with E-state index in [1.54, 1.807) is 13.0 Å². The third-order valence-electron chi connectivity index (χ3n) is 4.89. The Balaban J connectivity index is 1.46. The van der Waals surface area contributed by atoms with Gasteiger partial charge in [-0.05, 0) is 43.9 Å². The van der Waals surface area contributed by atoms with E-state index < -0.39 is 6.04 Å². The van der Waals surface area contributed by atoms with Crippen molar-refractivity contribution in [2.24, 2.45) is 5.92 Å². The smallest absolute Gasteiger partial charge is 0.248 e. The number of likely N-dealkylation sites (tertiary alicyclic amines) is 1. The standard InChI is InChI=1S/C22H28N4O2S/c1-16-7-6-12-26(13-16)14-19-15-29-22(24-19)25-21(28)17(2)23-20(27)11-10-18-8-4-3-5-9-18/h3-5,8-11,15-17H,6-7,12-14H2,1-2H3,(H,23,27)(H,24,25,28)/b11-10+. The highest BCUT2D eigenvalue weighted by Gasteiger charge is 2.19. The number of anilines is 1. The number of rotatable bonds is 7. The predicted octanol–water partition coefficient (Wildman–Crippen LogP) is 3.53. The van der Waals surface area contributed by atoms with Crippen LogP contribution >= 0.6 is 11.3 Å². The van der Waals surface area contributed by atoms with Crippen LogP contribution in [-0.2, 0) is 16.1 Å². The predicted molar refractivity (Wildman–Crippen MR) is 117 cm³/mol. The van der Waals surface area contributed by atoms with Crippen molar-refractivity contribution in [1.82, 2.24) is 15.2 Å². The highest BCUT2D eigenvalue weighted by atomic mass is 32.1. The first-order valence-corrected chi connectivity index (χ1v) is 10.9. The molecule has 1 saturated heterocycles. The second kappa shape index (κ2) is 10.3. The Morgan fingerprint density at radius 2 is 2.14 bits per heavy atom. The molecular formula is C22H28N4O2S. The first kappa shape index (κ1) is 21.2. The number of carbonyl (C=O) groups is 2. The van der Waals surface area contributed by atoms with E-state index in [9.17, 15) is 9.59 Å². The molecule has 0 aliphatic carbocycles. The molecule has 0 saturated carbocycles. The van der Waals surface area contributed by atoms with Crippen LogP contribution in [0.1, 0.15) is 37.9 Å². The molecule has 2 heterocycles. The van der Waals surface area contributed by atoms with Crippen LogP contribution in [0.25, 0.3) is 6.08 Å². The highest BCUT2D eigenvalue weighted by molar-refractivity contribution is 7.13. The molecule has 2 unspecified atom stereocenters. The molecule has 1 aliphatic heterocycles. The lowest BCUT2D eigenvalue weighted by molar-refractivity contribution is -0.123. The van der Waals surface area contributed by atoms with E-state index in [4.69, 9.17) is 0 Å². The normalized spacial score (nSPS) is 18.5. The highest BCUT2D eigenvalue weighted by Crippen LogP contribution is 2.21. The van der Waals surface area contributed by atoms with E-state index in [1.807, 2.05) is 35.7 Å². The Morgan fingerprint density at radius 1 is 1.34 bits per heavy atom. The summed E-state index contributed by atoms with van der Waals surface area (Å²) in [5.41, 5.74) is 1.90. The monoisotopic (exact) mass is 412 g/mol. The maximum atomic E-state index is 12.4. The van der Waals surface area contributed by atoms with Crippen molar-refractivity contribution in [3.63, 3.8) is 0 Å². The SMILES string of the molecule is CC1CCCN(Cc2csc(NC(=O)C(C)NC(=O)/C=C/c3ccccc3)n2)C1. The van der Waals surface area contributed by atoms with Crippen molar-refractivity contribution < 1.29 is 9.59 Å². The first-order chi connectivity index (χ1) is 14.0. The zero-order valence-corrected chi connectivity index (χ0v) is 17.7. The molecule has 1 fully saturated rings. The van der Waals surface area contributed by atoms with Crippen molar-refractivity contribution in [2.75, 3.05) is 18.4 Å². The number of hydrogen-bond acceptors (Lipinski definition) is 5. The lowest BCUT2D eigenvalue weighted by Gasteiger charge is -2.30. The quantitative estimate of drug-likeness (QED) is 0.682. The molecule has 29 heavy (non-hydrogen) atoms. The van der Waals surface area contributed by atoms with Gasteiger partial charge in [0.25, 0.3) is 0 Å². The van der Waals surface area contributed by atoms with E-state index in [-0.39, 0.29) is 11.8 Å². The second-order valence-corrected chi connectivity index (χ2v) is 8.45. The molecule has 6 nitrogen and oxygen atoms in total. The lowest BCUT2D eigenvalue weighted by Crippen LogP contribution is -2.40. The third kappa shape index (κ3) is 6.80. The maximum absolute atomic E-state index is 12.4. The van der Waals surface area contributed by atoms with Gasteiger partial charge in [0, 0.05) is 24.5 Å². The molecule has 2 N–H and O–H groups in total. The number of benzene rings is 1. The first-order valence-electron chi connectivity index (χ1n) is 10.0. The molecule has 2 amide bonds. The van der Waals surface area contributed by atoms with E-state index in [0.717, 1.165) is 36.8 Å². The van der Waals surface area contributed by atoms with E-state index in [1.165, 1.54) is 30.3 Å². The van der Waals surface area contributed by atoms with Gasteiger partial charge in [-0.3, -0.25) is 14.5 Å². The number of amides is 2. The fourth-order valence-electron chi connectivity index (χ4n) is 3.37. The molecule has 2 atom stereocenters. The maximum Gasteiger partial charge on any atom is 0.248 e. The van der Waals surface area contributed by atoms with Gasteiger partial charge >= 0.3 is 0 Å². The van der Waals surface area contributed by atoms with Crippen LogP contribution in [0.3, 0.4) is 0 Å². The van der Waals surface area contributed by atoms with Crippen LogP contribution in [0.2, 0.25) is 0 Å². The Bertz CT molecular complexity index is 850. The molecule has 0 spiro atoms. The van der Waals surface area contributed by atoms with Crippen molar-refractivity contribution in [3.8, 4) is 0 Å². The Morgan fingerprint density at radius 3 is 2.90 bits per heavy atom. The van der Waals surface area contributed by atoms with E-state index >= 15 is 0 Å². The van der Waals surface area contributed by atoms with Gasteiger partial charge in [-0.15, -0.1) is 11.3 Å². The van der Waals surface area contributed by atoms with Crippen molar-refractivity contribution in [1.29, 1.82) is 0 Å². The Kier molecular flexibility index (Phi) is 7.55. The lowest BCUT2D eigenvalue weighted by atomic mass is 10.0. The number of nitrogens with zero attached hydrogens (tertiary/aromatic N) is 2. The molecule has 2 aromatic rings. The summed E-state index contributed by atoms with van der Waals surface area (Å²) in [4.78, 5) is 31.3. The van der Waals surface area contributed by atoms with Crippen LogP contribution in [0.15, 0.2) is 41.8 Å². The Hall–Kier alpha value is -2.51. The fraction of sp³-hybridized carbons (Fsp3) is 0.409. The van der Waals surface area contributed by atoms with Gasteiger partial charge in [0.15, 0.2) is 5.13 Å². The van der Waals surface area contributed by atoms with Gasteiger partial charge in [0.1, 0.15) is 6.04 Å². The summed E-state index contributed by atoms with van der Waals surface area (Å²) in [6.45, 7) is 6.95. The average molecular weight is 413 g/mol. The van der Waals surface area contributed by atoms with Crippen LogP contribution in [0.5, 0.6) is 0 Å². The summed E-state index contributed by atoms with van der Waals surface area (Å²) in [5.74, 6) is 0.136. The average Bonchev–Trinajstić information content (AvgIpc) is 3.14. The van der Waals surface area contributed by atoms with Gasteiger partial charge in [0.05, 0.1) is 5.69 Å². The minimum absolute atomic E-state index is 0.279. The van der Waals surface area contributed by atoms with Crippen LogP contribution < -0.4 is 10.6 Å². The molecule has 1 aromatic heterocycles.